The van der Waals surface area contributed by atoms with Crippen molar-refractivity contribution >= 4 is 17.2 Å². The largest absolute Gasteiger partial charge is 0.393 e. The van der Waals surface area contributed by atoms with Crippen molar-refractivity contribution < 1.29 is 24.9 Å². The molecule has 0 spiro atoms. The van der Waals surface area contributed by atoms with Crippen LogP contribution in [0.1, 0.15) is 76.0 Å². The molecule has 0 aromatic heterocycles. The highest BCUT2D eigenvalue weighted by Gasteiger charge is 2.57. The van der Waals surface area contributed by atoms with Gasteiger partial charge in [0.1, 0.15) is 11.2 Å². The van der Waals surface area contributed by atoms with Crippen molar-refractivity contribution in [1.29, 1.82) is 5.26 Å². The van der Waals surface area contributed by atoms with Crippen LogP contribution in [0.3, 0.4) is 0 Å². The van der Waals surface area contributed by atoms with Crippen molar-refractivity contribution in [3.63, 3.8) is 0 Å². The maximum absolute atomic E-state index is 12.7. The Bertz CT molecular complexity index is 1280. The number of hydrogen-bond acceptors (Lipinski definition) is 7. The summed E-state index contributed by atoms with van der Waals surface area (Å²) in [4.78, 5) is 16.6. The van der Waals surface area contributed by atoms with E-state index < -0.39 is 16.8 Å². The first-order chi connectivity index (χ1) is 18.4. The van der Waals surface area contributed by atoms with E-state index in [1.807, 2.05) is 24.3 Å². The molecule has 1 aliphatic carbocycles. The summed E-state index contributed by atoms with van der Waals surface area (Å²) in [6.45, 7) is 5.49. The minimum atomic E-state index is -1.33. The third kappa shape index (κ3) is 6.07. The van der Waals surface area contributed by atoms with Crippen LogP contribution in [0.25, 0.3) is 5.57 Å². The summed E-state index contributed by atoms with van der Waals surface area (Å²) < 4.78 is 6.05. The van der Waals surface area contributed by atoms with E-state index in [4.69, 9.17) is 15.7 Å². The van der Waals surface area contributed by atoms with Crippen LogP contribution in [0, 0.1) is 16.7 Å². The lowest BCUT2D eigenvalue weighted by atomic mass is 9.73. The average Bonchev–Trinajstić information content (AvgIpc) is 3.22. The predicted octanol–water partition coefficient (Wildman–Crippen LogP) is 3.60. The normalized spacial score (nSPS) is 30.1. The Hall–Kier alpha value is -3.09. The molecule has 1 aromatic rings. The minimum Gasteiger partial charge on any atom is -0.393 e. The lowest BCUT2D eigenvalue weighted by Gasteiger charge is -2.47. The van der Waals surface area contributed by atoms with Crippen LogP contribution < -0.4 is 5.73 Å². The number of fused-ring (bicyclic) bond motifs is 2. The number of nitrogens with two attached hydrogens (primary N) is 1. The van der Waals surface area contributed by atoms with Crippen molar-refractivity contribution in [1.82, 2.24) is 0 Å². The van der Waals surface area contributed by atoms with Gasteiger partial charge in [-0.05, 0) is 66.4 Å². The van der Waals surface area contributed by atoms with Gasteiger partial charge in [0.15, 0.2) is 11.6 Å². The van der Waals surface area contributed by atoms with Crippen LogP contribution in [0.5, 0.6) is 0 Å². The van der Waals surface area contributed by atoms with Gasteiger partial charge in [-0.3, -0.25) is 4.79 Å². The van der Waals surface area contributed by atoms with E-state index in [2.05, 4.69) is 24.9 Å². The molecule has 8 nitrogen and oxygen atoms in total. The highest BCUT2D eigenvalue weighted by atomic mass is 16.6. The Morgan fingerprint density at radius 2 is 1.87 bits per heavy atom. The van der Waals surface area contributed by atoms with Gasteiger partial charge in [-0.25, -0.2) is 4.99 Å². The van der Waals surface area contributed by atoms with Gasteiger partial charge in [0, 0.05) is 31.0 Å². The molecule has 39 heavy (non-hydrogen) atoms. The van der Waals surface area contributed by atoms with Crippen LogP contribution >= 0.6 is 0 Å². The minimum absolute atomic E-state index is 0.135. The summed E-state index contributed by atoms with van der Waals surface area (Å²) in [6, 6.07) is 7.76. The first-order valence-electron chi connectivity index (χ1n) is 13.5. The van der Waals surface area contributed by atoms with E-state index in [9.17, 15) is 20.1 Å². The second kappa shape index (κ2) is 10.8. The SMILES string of the molecule is C/C(C#N)=C\N=C(N)C(=O)CCc1ccc(C2(O)C[C@@]3(CO)C=C[C@@](CO)(C2)O3)cc1C1=CCC(C)(C)CC1. The number of ether oxygens (including phenoxy) is 1. The number of rotatable bonds is 9. The number of aliphatic hydroxyl groups is 3. The number of carbonyl (C=O) groups excluding carboxylic acids is 1. The number of aliphatic imine (C=N–C) groups is 1. The number of ketones is 1. The molecule has 3 atom stereocenters. The van der Waals surface area contributed by atoms with E-state index in [-0.39, 0.29) is 49.5 Å². The second-order valence-electron chi connectivity index (χ2n) is 12.1. The number of benzene rings is 1. The number of amidine groups is 1. The van der Waals surface area contributed by atoms with Gasteiger partial charge in [0.2, 0.25) is 0 Å². The molecule has 1 aromatic carbocycles. The molecule has 0 amide bonds. The molecule has 8 heteroatoms. The smallest absolute Gasteiger partial charge is 0.197 e. The van der Waals surface area contributed by atoms with Crippen molar-refractivity contribution in [2.75, 3.05) is 13.2 Å². The summed E-state index contributed by atoms with van der Waals surface area (Å²) in [5, 5.41) is 41.0. The molecule has 2 aliphatic heterocycles. The molecule has 4 rings (SSSR count). The summed E-state index contributed by atoms with van der Waals surface area (Å²) in [7, 11) is 0. The van der Waals surface area contributed by atoms with E-state index in [0.717, 1.165) is 30.4 Å². The molecule has 1 saturated heterocycles. The van der Waals surface area contributed by atoms with Gasteiger partial charge >= 0.3 is 0 Å². The topological polar surface area (TPSA) is 149 Å². The van der Waals surface area contributed by atoms with Gasteiger partial charge in [-0.15, -0.1) is 0 Å². The quantitative estimate of drug-likeness (QED) is 0.164. The van der Waals surface area contributed by atoms with Crippen LogP contribution in [0.15, 0.2) is 53.2 Å². The number of allylic oxidation sites excluding steroid dienone is 3. The van der Waals surface area contributed by atoms with Crippen molar-refractivity contribution in [3.05, 3.63) is 64.9 Å². The van der Waals surface area contributed by atoms with Gasteiger partial charge in [-0.2, -0.15) is 5.26 Å². The summed E-state index contributed by atoms with van der Waals surface area (Å²) in [6.07, 6.45) is 10.8. The lowest BCUT2D eigenvalue weighted by molar-refractivity contribution is -0.220. The fraction of sp³-hybridized carbons (Fsp3) is 0.516. The fourth-order valence-corrected chi connectivity index (χ4v) is 5.85. The van der Waals surface area contributed by atoms with E-state index in [1.165, 1.54) is 11.8 Å². The number of aryl methyl sites for hydroxylation is 1. The molecule has 5 N–H and O–H groups in total. The van der Waals surface area contributed by atoms with Crippen molar-refractivity contribution in [2.24, 2.45) is 16.1 Å². The summed E-state index contributed by atoms with van der Waals surface area (Å²) >= 11 is 0. The maximum Gasteiger partial charge on any atom is 0.197 e. The second-order valence-corrected chi connectivity index (χ2v) is 12.1. The fourth-order valence-electron chi connectivity index (χ4n) is 5.85. The third-order valence-electron chi connectivity index (χ3n) is 8.26. The molecule has 1 unspecified atom stereocenters. The predicted molar refractivity (Wildman–Crippen MR) is 149 cm³/mol. The first-order valence-corrected chi connectivity index (χ1v) is 13.5. The Morgan fingerprint density at radius 3 is 2.44 bits per heavy atom. The molecular formula is C31H39N3O5. The molecule has 2 bridgehead atoms. The van der Waals surface area contributed by atoms with Crippen molar-refractivity contribution in [2.45, 2.75) is 82.5 Å². The van der Waals surface area contributed by atoms with Crippen molar-refractivity contribution in [3.8, 4) is 6.07 Å². The zero-order valence-electron chi connectivity index (χ0n) is 23.0. The molecule has 0 radical (unpaired) electrons. The van der Waals surface area contributed by atoms with E-state index >= 15 is 0 Å². The number of aliphatic hydroxyl groups excluding tert-OH is 2. The first kappa shape index (κ1) is 28.9. The van der Waals surface area contributed by atoms with Gasteiger partial charge in [0.25, 0.3) is 0 Å². The molecular weight excluding hydrogens is 494 g/mol. The maximum atomic E-state index is 12.7. The molecule has 3 aliphatic rings. The number of nitrogens with zero attached hydrogens (tertiary/aromatic N) is 2. The number of carbonyl (C=O) groups is 1. The molecule has 2 heterocycles. The van der Waals surface area contributed by atoms with E-state index in [1.54, 1.807) is 19.1 Å². The number of Topliss-reactive ketones (excluding diaryl/α,β-unsaturated/α-hetero) is 1. The van der Waals surface area contributed by atoms with Crippen LogP contribution in [-0.2, 0) is 21.6 Å². The Kier molecular flexibility index (Phi) is 8.02. The van der Waals surface area contributed by atoms with Crippen LogP contribution in [-0.4, -0.2) is 51.4 Å². The number of hydrogen-bond donors (Lipinski definition) is 4. The Labute approximate surface area is 230 Å². The van der Waals surface area contributed by atoms with Gasteiger partial charge < -0.3 is 25.8 Å². The summed E-state index contributed by atoms with van der Waals surface area (Å²) in [5.41, 5.74) is 6.83. The highest BCUT2D eigenvalue weighted by Crippen LogP contribution is 2.52. The van der Waals surface area contributed by atoms with Gasteiger partial charge in [0.05, 0.1) is 24.9 Å². The average molecular weight is 534 g/mol. The molecule has 1 fully saturated rings. The summed E-state index contributed by atoms with van der Waals surface area (Å²) in [5.74, 6) is -0.434. The molecule has 208 valence electrons. The monoisotopic (exact) mass is 533 g/mol. The zero-order valence-corrected chi connectivity index (χ0v) is 23.0. The third-order valence-corrected chi connectivity index (χ3v) is 8.26. The standard InChI is InChI=1S/C31H39N3O5/c1-21(15-32)16-34-27(33)26(37)7-5-22-4-6-24(14-25(22)23-8-10-28(2,3)11-9-23)31(38)17-29(19-35)12-13-30(18-31,20-36)39-29/h4,6,8,12-14,16,35-36,38H,5,7,9-11,17-20H2,1-3H3,(H2,33,34)/b21-16+/t29-,30+,31?. The zero-order chi connectivity index (χ0) is 28.5. The Morgan fingerprint density at radius 1 is 1.21 bits per heavy atom. The molecule has 0 saturated carbocycles. The van der Waals surface area contributed by atoms with E-state index in [0.29, 0.717) is 17.6 Å². The van der Waals surface area contributed by atoms with Crippen LogP contribution in [0.4, 0.5) is 0 Å². The van der Waals surface area contributed by atoms with Gasteiger partial charge in [-0.1, -0.05) is 44.2 Å². The lowest BCUT2D eigenvalue weighted by Crippen LogP contribution is -2.55. The number of nitriles is 1. The van der Waals surface area contributed by atoms with Crippen LogP contribution in [0.2, 0.25) is 0 Å². The highest BCUT2D eigenvalue weighted by molar-refractivity contribution is 6.38. The Balaban J connectivity index is 1.67.